The molecule has 0 spiro atoms. The monoisotopic (exact) mass is 488 g/mol. The topological polar surface area (TPSA) is 0 Å². The Hall–Kier alpha value is -0.417. The second kappa shape index (κ2) is 12.2. The molecule has 0 aromatic heterocycles. The summed E-state index contributed by atoms with van der Waals surface area (Å²) in [6.07, 6.45) is 3.72. The van der Waals surface area contributed by atoms with Gasteiger partial charge in [-0.25, -0.2) is 0 Å². The molecule has 0 bridgehead atoms. The summed E-state index contributed by atoms with van der Waals surface area (Å²) in [5, 5.41) is 4.47. The van der Waals surface area contributed by atoms with Gasteiger partial charge in [0.2, 0.25) is 0 Å². The molecule has 0 saturated carbocycles. The SMILES string of the molecule is CCCC[P+](c1ccccc1)(c1ccccc1)c1ccccc1.[Cl][Zn-]([Cl])[Cl]. The number of rotatable bonds is 6. The van der Waals surface area contributed by atoms with Crippen LogP contribution in [0.2, 0.25) is 0 Å². The van der Waals surface area contributed by atoms with E-state index >= 15 is 0 Å². The Balaban J connectivity index is 0.000000596. The molecule has 0 aliphatic carbocycles. The predicted octanol–water partition coefficient (Wildman–Crippen LogP) is 6.85. The first kappa shape index (κ1) is 22.9. The van der Waals surface area contributed by atoms with Crippen LogP contribution in [-0.4, -0.2) is 6.16 Å². The van der Waals surface area contributed by atoms with Crippen LogP contribution in [0.4, 0.5) is 0 Å². The van der Waals surface area contributed by atoms with E-state index in [0.29, 0.717) is 0 Å². The normalized spacial score (nSPS) is 10.7. The summed E-state index contributed by atoms with van der Waals surface area (Å²) in [5.74, 6) is 0. The van der Waals surface area contributed by atoms with E-state index in [4.69, 9.17) is 29.1 Å². The van der Waals surface area contributed by atoms with Crippen molar-refractivity contribution in [3.8, 4) is 0 Å². The van der Waals surface area contributed by atoms with Gasteiger partial charge in [0, 0.05) is 0 Å². The van der Waals surface area contributed by atoms with Crippen molar-refractivity contribution in [3.05, 3.63) is 91.0 Å². The quantitative estimate of drug-likeness (QED) is 0.262. The zero-order valence-electron chi connectivity index (χ0n) is 15.6. The van der Waals surface area contributed by atoms with Crippen molar-refractivity contribution in [2.45, 2.75) is 19.8 Å². The van der Waals surface area contributed by atoms with Crippen molar-refractivity contribution in [3.63, 3.8) is 0 Å². The zero-order chi connectivity index (χ0) is 19.5. The van der Waals surface area contributed by atoms with Crippen LogP contribution >= 0.6 is 36.3 Å². The molecule has 0 aliphatic heterocycles. The Kier molecular flexibility index (Phi) is 10.3. The maximum absolute atomic E-state index is 5.01. The number of unbranched alkanes of at least 4 members (excludes halogenated alkanes) is 1. The van der Waals surface area contributed by atoms with Gasteiger partial charge in [0.15, 0.2) is 0 Å². The van der Waals surface area contributed by atoms with E-state index in [-0.39, 0.29) is 0 Å². The third-order valence-corrected chi connectivity index (χ3v) is 8.96. The Morgan fingerprint density at radius 3 is 1.19 bits per heavy atom. The van der Waals surface area contributed by atoms with Crippen molar-refractivity contribution >= 4 is 52.2 Å². The van der Waals surface area contributed by atoms with Gasteiger partial charge in [0.25, 0.3) is 0 Å². The fraction of sp³-hybridized carbons (Fsp3) is 0.182. The van der Waals surface area contributed by atoms with Crippen LogP contribution in [-0.2, 0) is 13.0 Å². The van der Waals surface area contributed by atoms with Crippen molar-refractivity contribution < 1.29 is 13.0 Å². The van der Waals surface area contributed by atoms with Crippen LogP contribution in [0.3, 0.4) is 0 Å². The molecule has 0 amide bonds. The summed E-state index contributed by atoms with van der Waals surface area (Å²) < 4.78 is 0. The molecule has 0 fully saturated rings. The van der Waals surface area contributed by atoms with Crippen LogP contribution in [0.25, 0.3) is 0 Å². The van der Waals surface area contributed by atoms with Gasteiger partial charge in [-0.3, -0.25) is 0 Å². The minimum atomic E-state index is -2.21. The molecule has 0 heterocycles. The molecule has 0 radical (unpaired) electrons. The number of hydrogen-bond donors (Lipinski definition) is 0. The van der Waals surface area contributed by atoms with Gasteiger partial charge in [0.05, 0.1) is 6.16 Å². The van der Waals surface area contributed by atoms with Crippen LogP contribution in [0, 0.1) is 0 Å². The first-order valence-corrected chi connectivity index (χ1v) is 22.9. The molecule has 0 unspecified atom stereocenters. The molecule has 0 saturated heterocycles. The van der Waals surface area contributed by atoms with Gasteiger partial charge < -0.3 is 0 Å². The third kappa shape index (κ3) is 6.56. The Morgan fingerprint density at radius 2 is 0.926 bits per heavy atom. The zero-order valence-corrected chi connectivity index (χ0v) is 21.7. The van der Waals surface area contributed by atoms with Gasteiger partial charge in [-0.2, -0.15) is 0 Å². The predicted molar refractivity (Wildman–Crippen MR) is 122 cm³/mol. The van der Waals surface area contributed by atoms with E-state index in [2.05, 4.69) is 97.9 Å². The number of hydrogen-bond acceptors (Lipinski definition) is 0. The fourth-order valence-corrected chi connectivity index (χ4v) is 7.78. The van der Waals surface area contributed by atoms with E-state index in [0.717, 1.165) is 0 Å². The average Bonchev–Trinajstić information content (AvgIpc) is 2.71. The number of halogens is 3. The van der Waals surface area contributed by atoms with Crippen molar-refractivity contribution in [1.29, 1.82) is 0 Å². The Labute approximate surface area is 181 Å². The minimum absolute atomic E-state index is 1.23. The van der Waals surface area contributed by atoms with Crippen LogP contribution in [0.5, 0.6) is 0 Å². The summed E-state index contributed by atoms with van der Waals surface area (Å²) in [6, 6.07) is 33.4. The second-order valence-electron chi connectivity index (χ2n) is 6.20. The van der Waals surface area contributed by atoms with Gasteiger partial charge in [-0.1, -0.05) is 67.9 Å². The molecule has 3 aromatic rings. The third-order valence-electron chi connectivity index (χ3n) is 4.44. The molecular formula is C22H24Cl3PZn. The molecule has 0 N–H and O–H groups in total. The first-order chi connectivity index (χ1) is 13.1. The molecular weight excluding hydrogens is 467 g/mol. The second-order valence-corrected chi connectivity index (χ2v) is 23.7. The van der Waals surface area contributed by atoms with Crippen molar-refractivity contribution in [2.75, 3.05) is 6.16 Å². The van der Waals surface area contributed by atoms with Gasteiger partial charge in [-0.05, 0) is 42.8 Å². The first-order valence-electron chi connectivity index (χ1n) is 9.23. The summed E-state index contributed by atoms with van der Waals surface area (Å²) >= 11 is -2.21. The molecule has 0 nitrogen and oxygen atoms in total. The molecule has 0 atom stereocenters. The number of benzene rings is 3. The molecule has 0 aliphatic rings. The van der Waals surface area contributed by atoms with E-state index in [1.54, 1.807) is 0 Å². The van der Waals surface area contributed by atoms with E-state index in [9.17, 15) is 0 Å². The van der Waals surface area contributed by atoms with Gasteiger partial charge >= 0.3 is 42.1 Å². The van der Waals surface area contributed by atoms with Crippen LogP contribution in [0.15, 0.2) is 91.0 Å². The van der Waals surface area contributed by atoms with Crippen molar-refractivity contribution in [1.82, 2.24) is 0 Å². The fourth-order valence-electron chi connectivity index (χ4n) is 3.28. The Bertz CT molecular complexity index is 668. The van der Waals surface area contributed by atoms with Crippen molar-refractivity contribution in [2.24, 2.45) is 0 Å². The van der Waals surface area contributed by atoms with E-state index in [1.165, 1.54) is 34.9 Å². The van der Waals surface area contributed by atoms with Crippen LogP contribution in [0.1, 0.15) is 19.8 Å². The Morgan fingerprint density at radius 1 is 0.630 bits per heavy atom. The van der Waals surface area contributed by atoms with Gasteiger partial charge in [-0.15, -0.1) is 0 Å². The van der Waals surface area contributed by atoms with E-state index in [1.807, 2.05) is 0 Å². The van der Waals surface area contributed by atoms with Crippen LogP contribution < -0.4 is 15.9 Å². The summed E-state index contributed by atoms with van der Waals surface area (Å²) in [4.78, 5) is 0. The molecule has 140 valence electrons. The molecule has 5 heteroatoms. The summed E-state index contributed by atoms with van der Waals surface area (Å²) in [5.41, 5.74) is 0. The molecule has 3 rings (SSSR count). The molecule has 3 aromatic carbocycles. The molecule has 27 heavy (non-hydrogen) atoms. The van der Waals surface area contributed by atoms with Gasteiger partial charge in [0.1, 0.15) is 23.2 Å². The standard InChI is InChI=1S/C22H24P.3ClH.Zn/c1-2-3-19-23(20-13-7-4-8-14-20,21-15-9-5-10-16-21)22-17-11-6-12-18-22;;;;/h4-18H,2-3,19H2,1H3;3*1H;/q+1;;;;+2/p-3. The maximum atomic E-state index is 5.01. The van der Waals surface area contributed by atoms with E-state index < -0.39 is 20.2 Å². The summed E-state index contributed by atoms with van der Waals surface area (Å²) in [6.45, 7) is 2.29. The summed E-state index contributed by atoms with van der Waals surface area (Å²) in [7, 11) is 13.5. The average molecular weight is 491 g/mol.